The normalized spacial score (nSPS) is 16.1. The van der Waals surface area contributed by atoms with Crippen molar-refractivity contribution < 1.29 is 18.0 Å². The SMILES string of the molecule is CN(C)CCC=C(c1ccc(F)cc1)c1ccc(C#N)cc1C[N+](C)(C)CCCC1(c2ccc(F)cc2)OCc2cc(C#N)ccc21. The van der Waals surface area contributed by atoms with E-state index in [1.54, 1.807) is 12.1 Å². The highest BCUT2D eigenvalue weighted by atomic mass is 19.1. The summed E-state index contributed by atoms with van der Waals surface area (Å²) in [6.45, 7) is 2.74. The van der Waals surface area contributed by atoms with Crippen molar-refractivity contribution in [2.75, 3.05) is 41.3 Å². The number of benzene rings is 4. The van der Waals surface area contributed by atoms with Crippen molar-refractivity contribution in [3.8, 4) is 12.1 Å². The van der Waals surface area contributed by atoms with Gasteiger partial charge in [-0.05, 0) is 115 Å². The van der Waals surface area contributed by atoms with E-state index in [-0.39, 0.29) is 11.6 Å². The van der Waals surface area contributed by atoms with Crippen LogP contribution in [-0.4, -0.2) is 50.7 Å². The number of halogens is 2. The maximum atomic E-state index is 14.0. The number of hydrogen-bond acceptors (Lipinski definition) is 4. The fraction of sp³-hybridized carbons (Fsp3) is 0.300. The van der Waals surface area contributed by atoms with Crippen LogP contribution in [0.2, 0.25) is 0 Å². The molecule has 7 heteroatoms. The molecule has 1 heterocycles. The van der Waals surface area contributed by atoms with Gasteiger partial charge >= 0.3 is 0 Å². The van der Waals surface area contributed by atoms with Crippen molar-refractivity contribution in [3.63, 3.8) is 0 Å². The van der Waals surface area contributed by atoms with Crippen LogP contribution in [0.4, 0.5) is 8.78 Å². The summed E-state index contributed by atoms with van der Waals surface area (Å²) < 4.78 is 35.1. The Morgan fingerprint density at radius 2 is 1.53 bits per heavy atom. The van der Waals surface area contributed by atoms with E-state index in [0.717, 1.165) is 64.9 Å². The highest BCUT2D eigenvalue weighted by Gasteiger charge is 2.42. The second-order valence-corrected chi connectivity index (χ2v) is 13.2. The Labute approximate surface area is 277 Å². The Kier molecular flexibility index (Phi) is 10.3. The molecule has 0 fully saturated rings. The molecular formula is C40H41F2N4O+. The van der Waals surface area contributed by atoms with Crippen molar-refractivity contribution in [3.05, 3.63) is 147 Å². The molecule has 4 aromatic carbocycles. The number of nitriles is 2. The van der Waals surface area contributed by atoms with Gasteiger partial charge in [-0.2, -0.15) is 10.5 Å². The van der Waals surface area contributed by atoms with Gasteiger partial charge < -0.3 is 14.1 Å². The Hall–Kier alpha value is -4.66. The van der Waals surface area contributed by atoms with Crippen molar-refractivity contribution in [1.29, 1.82) is 10.5 Å². The molecule has 240 valence electrons. The van der Waals surface area contributed by atoms with Crippen LogP contribution < -0.4 is 0 Å². The van der Waals surface area contributed by atoms with Gasteiger partial charge in [-0.15, -0.1) is 0 Å². The molecule has 5 rings (SSSR count). The van der Waals surface area contributed by atoms with Gasteiger partial charge in [0.05, 0.1) is 50.5 Å². The molecule has 0 N–H and O–H groups in total. The molecule has 4 aromatic rings. The van der Waals surface area contributed by atoms with Crippen LogP contribution in [0.25, 0.3) is 5.57 Å². The standard InChI is InChI=1S/C40H41F2N4O/c1-45(2)21-5-7-37(31-10-14-35(41)15-11-31)38-18-8-29(25-43)23-32(38)27-46(3,4)22-6-20-40(34-12-16-36(42)17-13-34)39-19-9-30(26-44)24-33(39)28-47-40/h7-19,23-24H,5-6,20-22,27-28H2,1-4H3/q+1. The van der Waals surface area contributed by atoms with Crippen LogP contribution in [0.15, 0.2) is 91.0 Å². The van der Waals surface area contributed by atoms with Crippen molar-refractivity contribution in [1.82, 2.24) is 4.90 Å². The van der Waals surface area contributed by atoms with E-state index in [2.05, 4.69) is 37.2 Å². The lowest BCUT2D eigenvalue weighted by Crippen LogP contribution is -2.41. The minimum atomic E-state index is -0.742. The first-order valence-corrected chi connectivity index (χ1v) is 15.9. The van der Waals surface area contributed by atoms with Gasteiger partial charge in [0, 0.05) is 12.1 Å². The molecule has 0 radical (unpaired) electrons. The molecule has 1 aliphatic rings. The Morgan fingerprint density at radius 3 is 2.19 bits per heavy atom. The number of nitrogens with zero attached hydrogens (tertiary/aromatic N) is 4. The summed E-state index contributed by atoms with van der Waals surface area (Å²) in [5.41, 5.74) is 7.37. The first-order valence-electron chi connectivity index (χ1n) is 15.9. The lowest BCUT2D eigenvalue weighted by atomic mass is 9.81. The third kappa shape index (κ3) is 7.84. The number of fused-ring (bicyclic) bond motifs is 1. The number of ether oxygens (including phenoxy) is 1. The zero-order chi connectivity index (χ0) is 33.6. The van der Waals surface area contributed by atoms with Crippen molar-refractivity contribution >= 4 is 5.57 Å². The van der Waals surface area contributed by atoms with Gasteiger partial charge in [-0.1, -0.05) is 42.5 Å². The number of hydrogen-bond donors (Lipinski definition) is 0. The number of rotatable bonds is 12. The summed E-state index contributed by atoms with van der Waals surface area (Å²) in [7, 11) is 8.45. The molecule has 1 unspecified atom stereocenters. The summed E-state index contributed by atoms with van der Waals surface area (Å²) in [6, 6.07) is 29.2. The molecule has 0 spiro atoms. The predicted molar refractivity (Wildman–Crippen MR) is 181 cm³/mol. The smallest absolute Gasteiger partial charge is 0.123 e. The third-order valence-electron chi connectivity index (χ3n) is 8.95. The minimum Gasteiger partial charge on any atom is -0.361 e. The first kappa shape index (κ1) is 33.7. The molecule has 0 saturated carbocycles. The molecule has 0 amide bonds. The lowest BCUT2D eigenvalue weighted by Gasteiger charge is -2.34. The van der Waals surface area contributed by atoms with Crippen LogP contribution >= 0.6 is 0 Å². The van der Waals surface area contributed by atoms with Gasteiger partial charge in [-0.25, -0.2) is 8.78 Å². The molecule has 0 aliphatic carbocycles. The quantitative estimate of drug-likeness (QED) is 0.149. The van der Waals surface area contributed by atoms with E-state index in [4.69, 9.17) is 4.74 Å². The maximum absolute atomic E-state index is 14.0. The second-order valence-electron chi connectivity index (χ2n) is 13.2. The van der Waals surface area contributed by atoms with Gasteiger partial charge in [0.2, 0.25) is 0 Å². The van der Waals surface area contributed by atoms with E-state index in [9.17, 15) is 19.3 Å². The largest absolute Gasteiger partial charge is 0.361 e. The minimum absolute atomic E-state index is 0.281. The zero-order valence-electron chi connectivity index (χ0n) is 27.6. The van der Waals surface area contributed by atoms with Gasteiger partial charge in [0.25, 0.3) is 0 Å². The molecular weight excluding hydrogens is 590 g/mol. The summed E-state index contributed by atoms with van der Waals surface area (Å²) >= 11 is 0. The van der Waals surface area contributed by atoms with E-state index in [0.29, 0.717) is 35.2 Å². The zero-order valence-corrected chi connectivity index (χ0v) is 27.6. The Morgan fingerprint density at radius 1 is 0.894 bits per heavy atom. The first-order chi connectivity index (χ1) is 22.5. The van der Waals surface area contributed by atoms with Crippen LogP contribution in [-0.2, 0) is 23.5 Å². The van der Waals surface area contributed by atoms with Crippen LogP contribution in [0.1, 0.15) is 63.8 Å². The van der Waals surface area contributed by atoms with Crippen LogP contribution in [0.5, 0.6) is 0 Å². The predicted octanol–water partition coefficient (Wildman–Crippen LogP) is 7.92. The highest BCUT2D eigenvalue weighted by molar-refractivity contribution is 5.81. The summed E-state index contributed by atoms with van der Waals surface area (Å²) in [5.74, 6) is -0.581. The molecule has 0 aromatic heterocycles. The Bertz CT molecular complexity index is 1830. The average Bonchev–Trinajstić information content (AvgIpc) is 3.42. The third-order valence-corrected chi connectivity index (χ3v) is 8.95. The van der Waals surface area contributed by atoms with Crippen LogP contribution in [0, 0.1) is 34.3 Å². The molecule has 0 saturated heterocycles. The van der Waals surface area contributed by atoms with E-state index in [1.165, 1.54) is 24.3 Å². The van der Waals surface area contributed by atoms with E-state index >= 15 is 0 Å². The molecule has 47 heavy (non-hydrogen) atoms. The topological polar surface area (TPSA) is 60.1 Å². The fourth-order valence-corrected chi connectivity index (χ4v) is 6.60. The maximum Gasteiger partial charge on any atom is 0.123 e. The van der Waals surface area contributed by atoms with Crippen molar-refractivity contribution in [2.24, 2.45) is 0 Å². The summed E-state index contributed by atoms with van der Waals surface area (Å²) in [6.07, 6.45) is 4.51. The molecule has 1 aliphatic heterocycles. The fourth-order valence-electron chi connectivity index (χ4n) is 6.60. The highest BCUT2D eigenvalue weighted by Crippen LogP contribution is 2.46. The summed E-state index contributed by atoms with van der Waals surface area (Å²) in [4.78, 5) is 2.13. The van der Waals surface area contributed by atoms with E-state index in [1.807, 2.05) is 62.6 Å². The number of quaternary nitrogens is 1. The van der Waals surface area contributed by atoms with Gasteiger partial charge in [-0.3, -0.25) is 0 Å². The van der Waals surface area contributed by atoms with E-state index < -0.39 is 5.60 Å². The lowest BCUT2D eigenvalue weighted by molar-refractivity contribution is -0.903. The van der Waals surface area contributed by atoms with Crippen molar-refractivity contribution in [2.45, 2.75) is 38.0 Å². The monoisotopic (exact) mass is 631 g/mol. The summed E-state index contributed by atoms with van der Waals surface area (Å²) in [5, 5.41) is 19.3. The average molecular weight is 632 g/mol. The molecule has 0 bridgehead atoms. The second kappa shape index (κ2) is 14.4. The molecule has 1 atom stereocenters. The van der Waals surface area contributed by atoms with Crippen LogP contribution in [0.3, 0.4) is 0 Å². The van der Waals surface area contributed by atoms with Gasteiger partial charge in [0.15, 0.2) is 0 Å². The Balaban J connectivity index is 1.43. The van der Waals surface area contributed by atoms with Gasteiger partial charge in [0.1, 0.15) is 23.8 Å². The molecule has 5 nitrogen and oxygen atoms in total.